The molecule has 0 atom stereocenters. The van der Waals surface area contributed by atoms with Crippen molar-refractivity contribution < 1.29 is 32.3 Å². The number of carbonyl (C=O) groups excluding carboxylic acids is 3. The van der Waals surface area contributed by atoms with E-state index in [1.54, 1.807) is 0 Å². The van der Waals surface area contributed by atoms with Crippen molar-refractivity contribution in [2.24, 2.45) is 0 Å². The van der Waals surface area contributed by atoms with E-state index in [1.165, 1.54) is 32.0 Å². The molecule has 126 valence electrons. The standard InChI is InChI=1S/C14H12N2O7S/c1-14(2)22-12(18)9(13(19)23-14)6-15-7-3-4-10-8(5-7)11(17)16-24(10,20)21/h3-6,15H,1-2H3,(H,16,17). The molecule has 2 N–H and O–H groups in total. The minimum Gasteiger partial charge on any atom is -0.419 e. The summed E-state index contributed by atoms with van der Waals surface area (Å²) in [4.78, 5) is 35.1. The summed E-state index contributed by atoms with van der Waals surface area (Å²) in [5.41, 5.74) is -0.0841. The number of nitrogens with one attached hydrogen (secondary N) is 2. The molecule has 0 saturated carbocycles. The maximum absolute atomic E-state index is 11.8. The van der Waals surface area contributed by atoms with E-state index in [9.17, 15) is 22.8 Å². The first-order valence-corrected chi connectivity index (χ1v) is 8.22. The summed E-state index contributed by atoms with van der Waals surface area (Å²) in [5, 5.41) is 2.64. The fourth-order valence-corrected chi connectivity index (χ4v) is 3.35. The Labute approximate surface area is 136 Å². The second-order valence-electron chi connectivity index (χ2n) is 5.53. The van der Waals surface area contributed by atoms with Crippen LogP contribution in [-0.4, -0.2) is 32.1 Å². The van der Waals surface area contributed by atoms with Gasteiger partial charge in [-0.05, 0) is 18.2 Å². The van der Waals surface area contributed by atoms with E-state index in [-0.39, 0.29) is 16.0 Å². The van der Waals surface area contributed by atoms with Crippen molar-refractivity contribution >= 4 is 33.6 Å². The van der Waals surface area contributed by atoms with Crippen LogP contribution in [0, 0.1) is 0 Å². The molecular weight excluding hydrogens is 340 g/mol. The predicted molar refractivity (Wildman–Crippen MR) is 79.1 cm³/mol. The zero-order valence-corrected chi connectivity index (χ0v) is 13.4. The average molecular weight is 352 g/mol. The molecule has 0 radical (unpaired) electrons. The molecule has 9 nitrogen and oxygen atoms in total. The van der Waals surface area contributed by atoms with Gasteiger partial charge in [-0.15, -0.1) is 0 Å². The molecule has 1 aromatic rings. The second-order valence-corrected chi connectivity index (χ2v) is 7.18. The molecule has 0 spiro atoms. The number of hydrogen-bond acceptors (Lipinski definition) is 8. The summed E-state index contributed by atoms with van der Waals surface area (Å²) in [6.45, 7) is 2.85. The van der Waals surface area contributed by atoms with Crippen LogP contribution in [0.1, 0.15) is 24.2 Å². The fraction of sp³-hybridized carbons (Fsp3) is 0.214. The van der Waals surface area contributed by atoms with Gasteiger partial charge in [0.15, 0.2) is 5.57 Å². The Hall–Kier alpha value is -2.88. The van der Waals surface area contributed by atoms with Gasteiger partial charge in [-0.3, -0.25) is 4.79 Å². The van der Waals surface area contributed by atoms with Crippen LogP contribution in [0.3, 0.4) is 0 Å². The molecule has 2 aliphatic heterocycles. The monoisotopic (exact) mass is 352 g/mol. The Morgan fingerprint density at radius 1 is 1.12 bits per heavy atom. The maximum atomic E-state index is 11.8. The van der Waals surface area contributed by atoms with Gasteiger partial charge < -0.3 is 14.8 Å². The van der Waals surface area contributed by atoms with E-state index in [0.717, 1.165) is 6.20 Å². The van der Waals surface area contributed by atoms with E-state index in [0.29, 0.717) is 5.69 Å². The van der Waals surface area contributed by atoms with Crippen molar-refractivity contribution in [2.45, 2.75) is 24.5 Å². The predicted octanol–water partition coefficient (Wildman–Crippen LogP) is 0.251. The highest BCUT2D eigenvalue weighted by Crippen LogP contribution is 2.26. The number of benzene rings is 1. The molecule has 1 saturated heterocycles. The largest absolute Gasteiger partial charge is 0.419 e. The van der Waals surface area contributed by atoms with Crippen LogP contribution in [0.15, 0.2) is 34.9 Å². The summed E-state index contributed by atoms with van der Waals surface area (Å²) in [6, 6.07) is 3.91. The molecule has 0 aromatic heterocycles. The van der Waals surface area contributed by atoms with Crippen LogP contribution in [0.25, 0.3) is 0 Å². The maximum Gasteiger partial charge on any atom is 0.350 e. The summed E-state index contributed by atoms with van der Waals surface area (Å²) in [6.07, 6.45) is 1.07. The normalized spacial score (nSPS) is 20.6. The van der Waals surface area contributed by atoms with Gasteiger partial charge >= 0.3 is 11.9 Å². The van der Waals surface area contributed by atoms with Crippen LogP contribution in [-0.2, 0) is 29.1 Å². The lowest BCUT2D eigenvalue weighted by molar-refractivity contribution is -0.222. The lowest BCUT2D eigenvalue weighted by atomic mass is 10.2. The molecule has 2 aliphatic rings. The number of esters is 2. The fourth-order valence-electron chi connectivity index (χ4n) is 2.20. The highest BCUT2D eigenvalue weighted by atomic mass is 32.2. The van der Waals surface area contributed by atoms with Crippen LogP contribution < -0.4 is 10.0 Å². The zero-order valence-electron chi connectivity index (χ0n) is 12.6. The minimum absolute atomic E-state index is 0.0340. The molecule has 1 amide bonds. The third-order valence-corrected chi connectivity index (χ3v) is 4.63. The number of fused-ring (bicyclic) bond motifs is 1. The van der Waals surface area contributed by atoms with Gasteiger partial charge in [-0.2, -0.15) is 0 Å². The van der Waals surface area contributed by atoms with E-state index >= 15 is 0 Å². The highest BCUT2D eigenvalue weighted by Gasteiger charge is 2.39. The van der Waals surface area contributed by atoms with Gasteiger partial charge in [-0.25, -0.2) is 22.7 Å². The quantitative estimate of drug-likeness (QED) is 0.440. The Kier molecular flexibility index (Phi) is 3.37. The molecule has 0 aliphatic carbocycles. The molecule has 0 bridgehead atoms. The third-order valence-electron chi connectivity index (χ3n) is 3.24. The summed E-state index contributed by atoms with van der Waals surface area (Å²) < 4.78 is 35.0. The van der Waals surface area contributed by atoms with Crippen molar-refractivity contribution in [3.8, 4) is 0 Å². The molecule has 1 fully saturated rings. The molecule has 0 unspecified atom stereocenters. The van der Waals surface area contributed by atoms with Crippen LogP contribution >= 0.6 is 0 Å². The summed E-state index contributed by atoms with van der Waals surface area (Å²) >= 11 is 0. The highest BCUT2D eigenvalue weighted by molar-refractivity contribution is 7.90. The van der Waals surface area contributed by atoms with E-state index in [2.05, 4.69) is 5.32 Å². The van der Waals surface area contributed by atoms with E-state index < -0.39 is 33.7 Å². The van der Waals surface area contributed by atoms with Crippen molar-refractivity contribution in [2.75, 3.05) is 5.32 Å². The number of sulfonamides is 1. The van der Waals surface area contributed by atoms with Gasteiger partial charge in [0.05, 0.1) is 5.56 Å². The SMILES string of the molecule is CC1(C)OC(=O)C(=CNc2ccc3c(c2)C(=O)NS3(=O)=O)C(=O)O1. The molecule has 1 aromatic carbocycles. The first kappa shape index (κ1) is 16.0. The number of anilines is 1. The van der Waals surface area contributed by atoms with Crippen molar-refractivity contribution in [3.63, 3.8) is 0 Å². The van der Waals surface area contributed by atoms with Crippen LogP contribution in [0.2, 0.25) is 0 Å². The number of hydrogen-bond donors (Lipinski definition) is 2. The molecule has 2 heterocycles. The molecular formula is C14H12N2O7S. The minimum atomic E-state index is -3.83. The van der Waals surface area contributed by atoms with Crippen LogP contribution in [0.5, 0.6) is 0 Å². The van der Waals surface area contributed by atoms with Crippen molar-refractivity contribution in [3.05, 3.63) is 35.5 Å². The van der Waals surface area contributed by atoms with Crippen LogP contribution in [0.4, 0.5) is 5.69 Å². The number of carbonyl (C=O) groups is 3. The molecule has 10 heteroatoms. The molecule has 3 rings (SSSR count). The Bertz CT molecular complexity index is 893. The third kappa shape index (κ3) is 2.71. The number of ether oxygens (including phenoxy) is 2. The van der Waals surface area contributed by atoms with Gasteiger partial charge in [0, 0.05) is 25.7 Å². The lowest BCUT2D eigenvalue weighted by Crippen LogP contribution is -2.42. The Balaban J connectivity index is 1.86. The Morgan fingerprint density at radius 2 is 1.75 bits per heavy atom. The van der Waals surface area contributed by atoms with Gasteiger partial charge in [-0.1, -0.05) is 0 Å². The smallest absolute Gasteiger partial charge is 0.350 e. The van der Waals surface area contributed by atoms with Crippen molar-refractivity contribution in [1.29, 1.82) is 0 Å². The Morgan fingerprint density at radius 3 is 2.38 bits per heavy atom. The second kappa shape index (κ2) is 5.06. The molecule has 24 heavy (non-hydrogen) atoms. The number of cyclic esters (lactones) is 2. The number of rotatable bonds is 2. The zero-order chi connectivity index (χ0) is 17.7. The average Bonchev–Trinajstić information content (AvgIpc) is 2.66. The van der Waals surface area contributed by atoms with E-state index in [1.807, 2.05) is 4.72 Å². The van der Waals surface area contributed by atoms with Gasteiger partial charge in [0.1, 0.15) is 4.90 Å². The topological polar surface area (TPSA) is 128 Å². The lowest BCUT2D eigenvalue weighted by Gasteiger charge is -2.29. The first-order valence-electron chi connectivity index (χ1n) is 6.74. The summed E-state index contributed by atoms with van der Waals surface area (Å²) in [7, 11) is -3.83. The van der Waals surface area contributed by atoms with Gasteiger partial charge in [0.2, 0.25) is 0 Å². The summed E-state index contributed by atoms with van der Waals surface area (Å²) in [5.74, 6) is -3.80. The number of amides is 1. The first-order chi connectivity index (χ1) is 11.1. The van der Waals surface area contributed by atoms with Gasteiger partial charge in [0.25, 0.3) is 21.7 Å². The van der Waals surface area contributed by atoms with E-state index in [4.69, 9.17) is 9.47 Å². The van der Waals surface area contributed by atoms with Crippen molar-refractivity contribution in [1.82, 2.24) is 4.72 Å².